The van der Waals surface area contributed by atoms with Crippen molar-refractivity contribution in [1.82, 2.24) is 25.2 Å². The predicted molar refractivity (Wildman–Crippen MR) is 120 cm³/mol. The van der Waals surface area contributed by atoms with Gasteiger partial charge in [0.05, 0.1) is 18.2 Å². The summed E-state index contributed by atoms with van der Waals surface area (Å²) in [4.78, 5) is 15.4. The largest absolute Gasteiger partial charge is 0.352 e. The summed E-state index contributed by atoms with van der Waals surface area (Å²) >= 11 is 0. The summed E-state index contributed by atoms with van der Waals surface area (Å²) in [6.07, 6.45) is 12.3. The van der Waals surface area contributed by atoms with E-state index in [0.717, 1.165) is 56.1 Å². The van der Waals surface area contributed by atoms with Gasteiger partial charge in [0.1, 0.15) is 0 Å². The molecule has 2 aromatic rings. The summed E-state index contributed by atoms with van der Waals surface area (Å²) in [5.41, 5.74) is 2.31. The van der Waals surface area contributed by atoms with Crippen LogP contribution in [0.5, 0.6) is 0 Å². The monoisotopic (exact) mass is 421 g/mol. The number of fused-ring (bicyclic) bond motifs is 3. The van der Waals surface area contributed by atoms with Crippen molar-refractivity contribution in [3.63, 3.8) is 0 Å². The maximum Gasteiger partial charge on any atom is 0.224 e. The lowest BCUT2D eigenvalue weighted by Crippen LogP contribution is -2.58. The molecule has 6 nitrogen and oxygen atoms in total. The Bertz CT molecular complexity index is 860. The van der Waals surface area contributed by atoms with Crippen LogP contribution in [0.25, 0.3) is 0 Å². The van der Waals surface area contributed by atoms with Crippen molar-refractivity contribution >= 4 is 5.91 Å². The number of hydrogen-bond acceptors (Lipinski definition) is 4. The first-order valence-corrected chi connectivity index (χ1v) is 12.2. The SMILES string of the molecule is O=C(NCc1ccccc1)[C@@H]1CN2CC[C@H]1C[C@@H]2Cn1cc(CC2CCCCC2)nn1. The molecule has 0 spiro atoms. The van der Waals surface area contributed by atoms with Gasteiger partial charge in [-0.25, -0.2) is 0 Å². The zero-order valence-electron chi connectivity index (χ0n) is 18.5. The molecule has 4 atom stereocenters. The van der Waals surface area contributed by atoms with Crippen LogP contribution in [0.2, 0.25) is 0 Å². The highest BCUT2D eigenvalue weighted by atomic mass is 16.1. The van der Waals surface area contributed by atoms with Gasteiger partial charge in [-0.15, -0.1) is 5.10 Å². The lowest BCUT2D eigenvalue weighted by molar-refractivity contribution is -0.133. The number of nitrogens with one attached hydrogen (secondary N) is 1. The third-order valence-corrected chi connectivity index (χ3v) is 7.73. The third-order valence-electron chi connectivity index (χ3n) is 7.73. The number of carbonyl (C=O) groups excluding carboxylic acids is 1. The van der Waals surface area contributed by atoms with Crippen LogP contribution in [0.4, 0.5) is 0 Å². The molecule has 2 bridgehead atoms. The molecular formula is C25H35N5O. The lowest BCUT2D eigenvalue weighted by atomic mass is 9.75. The second-order valence-electron chi connectivity index (χ2n) is 9.88. The molecule has 4 fully saturated rings. The molecule has 3 aliphatic heterocycles. The fraction of sp³-hybridized carbons (Fsp3) is 0.640. The van der Waals surface area contributed by atoms with Crippen molar-refractivity contribution in [2.75, 3.05) is 13.1 Å². The molecule has 1 unspecified atom stereocenters. The van der Waals surface area contributed by atoms with Gasteiger partial charge in [0, 0.05) is 25.3 Å². The van der Waals surface area contributed by atoms with Crippen molar-refractivity contribution < 1.29 is 4.79 Å². The minimum atomic E-state index is 0.117. The van der Waals surface area contributed by atoms with Crippen LogP contribution >= 0.6 is 0 Å². The first-order chi connectivity index (χ1) is 15.2. The molecule has 31 heavy (non-hydrogen) atoms. The highest BCUT2D eigenvalue weighted by Gasteiger charge is 2.43. The van der Waals surface area contributed by atoms with Gasteiger partial charge >= 0.3 is 0 Å². The van der Waals surface area contributed by atoms with Gasteiger partial charge in [-0.3, -0.25) is 14.4 Å². The van der Waals surface area contributed by atoms with Crippen molar-refractivity contribution in [3.8, 4) is 0 Å². The Morgan fingerprint density at radius 3 is 2.71 bits per heavy atom. The van der Waals surface area contributed by atoms with Crippen LogP contribution in [-0.4, -0.2) is 44.9 Å². The molecule has 166 valence electrons. The normalized spacial score (nSPS) is 28.5. The zero-order valence-corrected chi connectivity index (χ0v) is 18.5. The summed E-state index contributed by atoms with van der Waals surface area (Å²) in [6.45, 7) is 3.49. The molecule has 4 heterocycles. The van der Waals surface area contributed by atoms with E-state index < -0.39 is 0 Å². The Balaban J connectivity index is 1.13. The number of aromatic nitrogens is 3. The highest BCUT2D eigenvalue weighted by Crippen LogP contribution is 2.37. The van der Waals surface area contributed by atoms with Gasteiger partial charge in [0.25, 0.3) is 0 Å². The zero-order chi connectivity index (χ0) is 21.0. The Morgan fingerprint density at radius 2 is 1.94 bits per heavy atom. The lowest BCUT2D eigenvalue weighted by Gasteiger charge is -2.49. The molecule has 3 saturated heterocycles. The average Bonchev–Trinajstić information content (AvgIpc) is 3.26. The number of rotatable bonds is 7. The van der Waals surface area contributed by atoms with Crippen molar-refractivity contribution in [1.29, 1.82) is 0 Å². The van der Waals surface area contributed by atoms with E-state index in [9.17, 15) is 4.79 Å². The van der Waals surface area contributed by atoms with Crippen LogP contribution in [0.1, 0.15) is 56.2 Å². The highest BCUT2D eigenvalue weighted by molar-refractivity contribution is 5.79. The number of nitrogens with zero attached hydrogens (tertiary/aromatic N) is 4. The van der Waals surface area contributed by atoms with Crippen LogP contribution in [-0.2, 0) is 24.3 Å². The number of carbonyl (C=O) groups is 1. The van der Waals surface area contributed by atoms with Gasteiger partial charge < -0.3 is 5.32 Å². The molecule has 6 rings (SSSR count). The quantitative estimate of drug-likeness (QED) is 0.744. The van der Waals surface area contributed by atoms with E-state index in [1.165, 1.54) is 32.1 Å². The van der Waals surface area contributed by atoms with Crippen LogP contribution in [0.15, 0.2) is 36.5 Å². The van der Waals surface area contributed by atoms with Gasteiger partial charge in [-0.2, -0.15) is 0 Å². The molecule has 4 aliphatic rings. The first kappa shape index (κ1) is 20.7. The van der Waals surface area contributed by atoms with E-state index in [0.29, 0.717) is 18.5 Å². The van der Waals surface area contributed by atoms with Gasteiger partial charge in [0.15, 0.2) is 0 Å². The van der Waals surface area contributed by atoms with Crippen LogP contribution in [0, 0.1) is 17.8 Å². The molecule has 1 N–H and O–H groups in total. The van der Waals surface area contributed by atoms with Crippen molar-refractivity contribution in [3.05, 3.63) is 47.8 Å². The molecule has 1 aromatic carbocycles. The van der Waals surface area contributed by atoms with Crippen molar-refractivity contribution in [2.45, 2.75) is 70.5 Å². The maximum absolute atomic E-state index is 12.9. The topological polar surface area (TPSA) is 63.1 Å². The smallest absolute Gasteiger partial charge is 0.224 e. The first-order valence-electron chi connectivity index (χ1n) is 12.2. The maximum atomic E-state index is 12.9. The second kappa shape index (κ2) is 9.51. The number of hydrogen-bond donors (Lipinski definition) is 1. The summed E-state index contributed by atoms with van der Waals surface area (Å²) in [6, 6.07) is 10.6. The molecule has 1 aliphatic carbocycles. The van der Waals surface area contributed by atoms with E-state index in [1.807, 2.05) is 22.9 Å². The van der Waals surface area contributed by atoms with Crippen molar-refractivity contribution in [2.24, 2.45) is 17.8 Å². The fourth-order valence-corrected chi connectivity index (χ4v) is 5.97. The number of benzene rings is 1. The predicted octanol–water partition coefficient (Wildman–Crippen LogP) is 3.43. The van der Waals surface area contributed by atoms with E-state index in [1.54, 1.807) is 0 Å². The fourth-order valence-electron chi connectivity index (χ4n) is 5.97. The second-order valence-corrected chi connectivity index (χ2v) is 9.88. The van der Waals surface area contributed by atoms with Crippen LogP contribution in [0.3, 0.4) is 0 Å². The van der Waals surface area contributed by atoms with Crippen LogP contribution < -0.4 is 5.32 Å². The molecule has 0 radical (unpaired) electrons. The van der Waals surface area contributed by atoms with Gasteiger partial charge in [-0.1, -0.05) is 67.6 Å². The summed E-state index contributed by atoms with van der Waals surface area (Å²) in [7, 11) is 0. The van der Waals surface area contributed by atoms with E-state index in [4.69, 9.17) is 0 Å². The number of piperidine rings is 3. The summed E-state index contributed by atoms with van der Waals surface area (Å²) in [5, 5.41) is 12.1. The Kier molecular flexibility index (Phi) is 6.35. The Labute approximate surface area is 185 Å². The minimum Gasteiger partial charge on any atom is -0.352 e. The molecular weight excluding hydrogens is 386 g/mol. The van der Waals surface area contributed by atoms with Gasteiger partial charge in [-0.05, 0) is 43.2 Å². The average molecular weight is 422 g/mol. The minimum absolute atomic E-state index is 0.117. The van der Waals surface area contributed by atoms with E-state index in [2.05, 4.69) is 38.9 Å². The Hall–Kier alpha value is -2.21. The standard InChI is InChI=1S/C25H35N5O/c31-25(26-15-20-9-5-2-6-10-20)24-18-29-12-11-21(24)14-23(29)17-30-16-22(27-28-30)13-19-7-3-1-4-8-19/h2,5-6,9-10,16,19,21,23-24H,1,3-4,7-8,11-15,17-18H2,(H,26,31)/t21-,23+,24+/m0/s1. The van der Waals surface area contributed by atoms with E-state index in [-0.39, 0.29) is 11.8 Å². The summed E-state index contributed by atoms with van der Waals surface area (Å²) < 4.78 is 2.05. The third kappa shape index (κ3) is 5.00. The molecule has 6 heteroatoms. The van der Waals surface area contributed by atoms with E-state index >= 15 is 0 Å². The Morgan fingerprint density at radius 1 is 1.10 bits per heavy atom. The summed E-state index contributed by atoms with van der Waals surface area (Å²) in [5.74, 6) is 1.61. The molecule has 1 amide bonds. The number of amides is 1. The molecule has 1 saturated carbocycles. The van der Waals surface area contributed by atoms with Gasteiger partial charge in [0.2, 0.25) is 5.91 Å². The molecule has 1 aromatic heterocycles.